The summed E-state index contributed by atoms with van der Waals surface area (Å²) >= 11 is 0. The van der Waals surface area contributed by atoms with Gasteiger partial charge in [0.05, 0.1) is 17.3 Å². The van der Waals surface area contributed by atoms with Crippen molar-refractivity contribution in [3.63, 3.8) is 0 Å². The number of aryl methyl sites for hydroxylation is 1. The van der Waals surface area contributed by atoms with Gasteiger partial charge in [-0.25, -0.2) is 9.18 Å². The first-order chi connectivity index (χ1) is 17.5. The quantitative estimate of drug-likeness (QED) is 0.405. The highest BCUT2D eigenvalue weighted by Gasteiger charge is 2.36. The van der Waals surface area contributed by atoms with Gasteiger partial charge in [0.15, 0.2) is 11.5 Å². The van der Waals surface area contributed by atoms with Crippen molar-refractivity contribution in [2.24, 2.45) is 0 Å². The molecule has 2 aliphatic rings. The Balaban J connectivity index is 1.47. The topological polar surface area (TPSA) is 89.7 Å². The van der Waals surface area contributed by atoms with E-state index in [-0.39, 0.29) is 24.5 Å². The molecular formula is C27H21FN4O4. The molecule has 6 rings (SSSR count). The molecule has 0 fully saturated rings. The van der Waals surface area contributed by atoms with Crippen LogP contribution in [0.5, 0.6) is 11.5 Å². The fraction of sp³-hybridized carbons (Fsp3) is 0.148. The van der Waals surface area contributed by atoms with Crippen molar-refractivity contribution in [1.82, 2.24) is 15.5 Å². The number of urea groups is 1. The fourth-order valence-corrected chi connectivity index (χ4v) is 4.48. The molecule has 0 saturated heterocycles. The van der Waals surface area contributed by atoms with Crippen molar-refractivity contribution in [1.29, 1.82) is 0 Å². The molecule has 2 amide bonds. The van der Waals surface area contributed by atoms with Crippen LogP contribution < -0.4 is 19.7 Å². The lowest BCUT2D eigenvalue weighted by Gasteiger charge is -2.35. The van der Waals surface area contributed by atoms with Crippen molar-refractivity contribution in [3.05, 3.63) is 95.3 Å². The molecule has 2 aliphatic heterocycles. The zero-order chi connectivity index (χ0) is 24.8. The van der Waals surface area contributed by atoms with E-state index in [9.17, 15) is 9.18 Å². The predicted molar refractivity (Wildman–Crippen MR) is 130 cm³/mol. The second kappa shape index (κ2) is 8.53. The van der Waals surface area contributed by atoms with Crippen LogP contribution in [0.15, 0.2) is 77.0 Å². The number of hydrogen-bond donors (Lipinski definition) is 1. The number of nitrogens with zero attached hydrogens (tertiary/aromatic N) is 3. The molecule has 3 aromatic carbocycles. The summed E-state index contributed by atoms with van der Waals surface area (Å²) in [5, 5.41) is 7.24. The van der Waals surface area contributed by atoms with Crippen LogP contribution in [0.1, 0.15) is 30.0 Å². The second-order valence-electron chi connectivity index (χ2n) is 8.55. The van der Waals surface area contributed by atoms with Crippen molar-refractivity contribution in [2.75, 3.05) is 11.7 Å². The molecule has 180 valence electrons. The van der Waals surface area contributed by atoms with Crippen molar-refractivity contribution >= 4 is 17.3 Å². The molecule has 0 bridgehead atoms. The van der Waals surface area contributed by atoms with E-state index in [4.69, 9.17) is 14.0 Å². The molecule has 36 heavy (non-hydrogen) atoms. The van der Waals surface area contributed by atoms with Gasteiger partial charge in [0.25, 0.3) is 5.89 Å². The van der Waals surface area contributed by atoms with Crippen LogP contribution in [-0.2, 0) is 0 Å². The van der Waals surface area contributed by atoms with E-state index in [1.165, 1.54) is 11.0 Å². The van der Waals surface area contributed by atoms with Crippen molar-refractivity contribution in [3.8, 4) is 22.9 Å². The van der Waals surface area contributed by atoms with Gasteiger partial charge in [-0.2, -0.15) is 4.98 Å². The number of ether oxygens (including phenoxy) is 2. The van der Waals surface area contributed by atoms with E-state index in [1.54, 1.807) is 31.2 Å². The molecule has 8 nitrogen and oxygen atoms in total. The summed E-state index contributed by atoms with van der Waals surface area (Å²) in [4.78, 5) is 19.5. The fourth-order valence-electron chi connectivity index (χ4n) is 4.48. The van der Waals surface area contributed by atoms with Crippen LogP contribution in [0.4, 0.5) is 14.9 Å². The number of fused-ring (bicyclic) bond motifs is 1. The molecule has 1 unspecified atom stereocenters. The Morgan fingerprint density at radius 3 is 2.61 bits per heavy atom. The lowest BCUT2D eigenvalue weighted by molar-refractivity contribution is 0.174. The number of rotatable bonds is 4. The third kappa shape index (κ3) is 3.65. The first kappa shape index (κ1) is 21.8. The first-order valence-electron chi connectivity index (χ1n) is 11.4. The monoisotopic (exact) mass is 484 g/mol. The number of carbonyl (C=O) groups excluding carboxylic acids is 1. The number of halogens is 1. The molecule has 0 radical (unpaired) electrons. The number of nitrogens with one attached hydrogen (secondary N) is 1. The van der Waals surface area contributed by atoms with Crippen molar-refractivity contribution in [2.45, 2.75) is 19.9 Å². The lowest BCUT2D eigenvalue weighted by Crippen LogP contribution is -2.46. The minimum atomic E-state index is -0.526. The number of amides is 2. The maximum atomic E-state index is 14.0. The number of hydrogen-bond acceptors (Lipinski definition) is 6. The van der Waals surface area contributed by atoms with Gasteiger partial charge in [-0.15, -0.1) is 0 Å². The highest BCUT2D eigenvalue weighted by molar-refractivity contribution is 6.01. The Bertz CT molecular complexity index is 1520. The van der Waals surface area contributed by atoms with Crippen LogP contribution in [0, 0.1) is 12.7 Å². The maximum Gasteiger partial charge on any atom is 0.326 e. The summed E-state index contributed by atoms with van der Waals surface area (Å²) in [5.41, 5.74) is 3.76. The molecule has 0 aliphatic carbocycles. The maximum absolute atomic E-state index is 14.0. The van der Waals surface area contributed by atoms with E-state index >= 15 is 0 Å². The third-order valence-electron chi connectivity index (χ3n) is 6.30. The van der Waals surface area contributed by atoms with Gasteiger partial charge in [-0.1, -0.05) is 35.5 Å². The van der Waals surface area contributed by atoms with Crippen molar-refractivity contribution < 1.29 is 23.2 Å². The first-order valence-corrected chi connectivity index (χ1v) is 11.4. The van der Waals surface area contributed by atoms with Crippen LogP contribution in [0.3, 0.4) is 0 Å². The molecule has 1 aromatic heterocycles. The molecule has 1 atom stereocenters. The average Bonchev–Trinajstić information content (AvgIpc) is 3.56. The normalized spacial score (nSPS) is 16.9. The van der Waals surface area contributed by atoms with Gasteiger partial charge < -0.3 is 19.3 Å². The largest absolute Gasteiger partial charge is 0.454 e. The van der Waals surface area contributed by atoms with Gasteiger partial charge in [-0.05, 0) is 61.4 Å². The zero-order valence-electron chi connectivity index (χ0n) is 19.5. The molecular weight excluding hydrogens is 463 g/mol. The number of anilines is 1. The van der Waals surface area contributed by atoms with E-state index < -0.39 is 6.04 Å². The van der Waals surface area contributed by atoms with Gasteiger partial charge in [-0.3, -0.25) is 4.90 Å². The van der Waals surface area contributed by atoms with Gasteiger partial charge in [0.2, 0.25) is 12.6 Å². The van der Waals surface area contributed by atoms with Crippen LogP contribution in [0.2, 0.25) is 0 Å². The summed E-state index contributed by atoms with van der Waals surface area (Å²) in [7, 11) is 0. The summed E-state index contributed by atoms with van der Waals surface area (Å²) < 4.78 is 30.5. The average molecular weight is 484 g/mol. The Morgan fingerprint density at radius 2 is 1.81 bits per heavy atom. The Kier molecular flexibility index (Phi) is 5.18. The lowest BCUT2D eigenvalue weighted by atomic mass is 9.94. The standard InChI is InChI=1S/C27H21FN4O4/c1-15-12-19(9-10-20(15)28)32-16(2)23(24(29-27(32)33)17-6-4-3-5-7-17)26-30-25(31-36-26)18-8-11-21-22(13-18)35-14-34-21/h3-13,24H,14H2,1-2H3,(H,29,33). The highest BCUT2D eigenvalue weighted by Crippen LogP contribution is 2.40. The smallest absolute Gasteiger partial charge is 0.326 e. The van der Waals surface area contributed by atoms with Gasteiger partial charge in [0, 0.05) is 11.3 Å². The molecule has 9 heteroatoms. The van der Waals surface area contributed by atoms with Crippen LogP contribution >= 0.6 is 0 Å². The minimum Gasteiger partial charge on any atom is -0.454 e. The van der Waals surface area contributed by atoms with E-state index in [1.807, 2.05) is 43.3 Å². The van der Waals surface area contributed by atoms with E-state index in [0.29, 0.717) is 45.4 Å². The summed E-state index contributed by atoms with van der Waals surface area (Å²) in [6.45, 7) is 3.63. The second-order valence-corrected chi connectivity index (χ2v) is 8.55. The summed E-state index contributed by atoms with van der Waals surface area (Å²) in [6, 6.07) is 18.6. The summed E-state index contributed by atoms with van der Waals surface area (Å²) in [5.74, 6) is 1.56. The molecule has 1 N–H and O–H groups in total. The SMILES string of the molecule is CC1=C(c2nc(-c3ccc4c(c3)OCO4)no2)C(c2ccccc2)NC(=O)N1c1ccc(F)c(C)c1. The number of aromatic nitrogens is 2. The number of allylic oxidation sites excluding steroid dienone is 1. The Labute approximate surface area is 206 Å². The van der Waals surface area contributed by atoms with Crippen LogP contribution in [-0.4, -0.2) is 23.0 Å². The zero-order valence-corrected chi connectivity index (χ0v) is 19.5. The Hall–Kier alpha value is -4.66. The number of carbonyl (C=O) groups is 1. The van der Waals surface area contributed by atoms with Crippen LogP contribution in [0.25, 0.3) is 17.0 Å². The highest BCUT2D eigenvalue weighted by atomic mass is 19.1. The molecule has 4 aromatic rings. The summed E-state index contributed by atoms with van der Waals surface area (Å²) in [6.07, 6.45) is 0. The van der Waals surface area contributed by atoms with Gasteiger partial charge in [0.1, 0.15) is 5.82 Å². The Morgan fingerprint density at radius 1 is 1.00 bits per heavy atom. The predicted octanol–water partition coefficient (Wildman–Crippen LogP) is 5.61. The van der Waals surface area contributed by atoms with Gasteiger partial charge >= 0.3 is 6.03 Å². The molecule has 3 heterocycles. The van der Waals surface area contributed by atoms with E-state index in [0.717, 1.165) is 5.56 Å². The minimum absolute atomic E-state index is 0.166. The molecule has 0 saturated carbocycles. The third-order valence-corrected chi connectivity index (χ3v) is 6.30. The molecule has 0 spiro atoms. The van der Waals surface area contributed by atoms with E-state index in [2.05, 4.69) is 15.5 Å². The number of benzene rings is 3.